The molecule has 0 bridgehead atoms. The van der Waals surface area contributed by atoms with Gasteiger partial charge in [0.1, 0.15) is 12.0 Å². The van der Waals surface area contributed by atoms with Crippen LogP contribution in [-0.2, 0) is 0 Å². The highest BCUT2D eigenvalue weighted by atomic mass is 79.9. The predicted octanol–water partition coefficient (Wildman–Crippen LogP) is 6.54. The molecule has 0 aliphatic carbocycles. The van der Waals surface area contributed by atoms with Gasteiger partial charge in [0.2, 0.25) is 0 Å². The van der Waals surface area contributed by atoms with Gasteiger partial charge in [-0.15, -0.1) is 0 Å². The van der Waals surface area contributed by atoms with Crippen LogP contribution >= 0.6 is 31.9 Å². The van der Waals surface area contributed by atoms with Crippen molar-refractivity contribution in [2.75, 3.05) is 6.61 Å². The highest BCUT2D eigenvalue weighted by molar-refractivity contribution is 9.11. The van der Waals surface area contributed by atoms with Crippen molar-refractivity contribution in [3.05, 3.63) is 26.6 Å². The third-order valence-corrected chi connectivity index (χ3v) is 4.58. The molecule has 4 heteroatoms. The van der Waals surface area contributed by atoms with E-state index in [2.05, 4.69) is 38.8 Å². The molecule has 1 rings (SSSR count). The SMILES string of the molecule is CCCCCCCCCCOc1c(Br)cc(C=O)cc1Br. The first-order chi connectivity index (χ1) is 10.2. The molecular weight excluding hydrogens is 396 g/mol. The number of hydrogen-bond donors (Lipinski definition) is 0. The Morgan fingerprint density at radius 2 is 1.48 bits per heavy atom. The second-order valence-electron chi connectivity index (χ2n) is 5.25. The normalized spacial score (nSPS) is 10.6. The minimum atomic E-state index is 0.633. The van der Waals surface area contributed by atoms with Gasteiger partial charge in [-0.3, -0.25) is 4.79 Å². The zero-order valence-corrected chi connectivity index (χ0v) is 15.8. The van der Waals surface area contributed by atoms with Gasteiger partial charge in [-0.1, -0.05) is 51.9 Å². The highest BCUT2D eigenvalue weighted by Crippen LogP contribution is 2.34. The van der Waals surface area contributed by atoms with E-state index in [0.717, 1.165) is 27.4 Å². The summed E-state index contributed by atoms with van der Waals surface area (Å²) in [6, 6.07) is 3.56. The Balaban J connectivity index is 2.20. The molecule has 1 aromatic carbocycles. The molecule has 0 aliphatic heterocycles. The van der Waals surface area contributed by atoms with Crippen molar-refractivity contribution in [1.29, 1.82) is 0 Å². The van der Waals surface area contributed by atoms with E-state index in [1.807, 2.05) is 0 Å². The molecule has 0 atom stereocenters. The van der Waals surface area contributed by atoms with Gasteiger partial charge in [0.15, 0.2) is 0 Å². The molecular formula is C17H24Br2O2. The monoisotopic (exact) mass is 418 g/mol. The number of carbonyl (C=O) groups is 1. The number of carbonyl (C=O) groups excluding carboxylic acids is 1. The lowest BCUT2D eigenvalue weighted by atomic mass is 10.1. The lowest BCUT2D eigenvalue weighted by Gasteiger charge is -2.11. The molecule has 2 nitrogen and oxygen atoms in total. The fourth-order valence-electron chi connectivity index (χ4n) is 2.20. The Kier molecular flexibility index (Phi) is 10.0. The Bertz CT molecular complexity index is 410. The number of unbranched alkanes of at least 4 members (excludes halogenated alkanes) is 7. The van der Waals surface area contributed by atoms with Crippen molar-refractivity contribution in [2.24, 2.45) is 0 Å². The van der Waals surface area contributed by atoms with Crippen LogP contribution in [0.5, 0.6) is 5.75 Å². The van der Waals surface area contributed by atoms with E-state index in [0.29, 0.717) is 12.2 Å². The largest absolute Gasteiger partial charge is 0.491 e. The van der Waals surface area contributed by atoms with Crippen LogP contribution < -0.4 is 4.74 Å². The van der Waals surface area contributed by atoms with Crippen LogP contribution in [0.3, 0.4) is 0 Å². The fourth-order valence-corrected chi connectivity index (χ4v) is 3.65. The van der Waals surface area contributed by atoms with Gasteiger partial charge in [-0.05, 0) is 50.4 Å². The lowest BCUT2D eigenvalue weighted by molar-refractivity contribution is 0.112. The summed E-state index contributed by atoms with van der Waals surface area (Å²) in [6.45, 7) is 2.96. The van der Waals surface area contributed by atoms with Crippen LogP contribution in [0.25, 0.3) is 0 Å². The summed E-state index contributed by atoms with van der Waals surface area (Å²) in [7, 11) is 0. The molecule has 0 amide bonds. The Labute approximate surface area is 144 Å². The molecule has 118 valence electrons. The number of benzene rings is 1. The fraction of sp³-hybridized carbons (Fsp3) is 0.588. The lowest BCUT2D eigenvalue weighted by Crippen LogP contribution is -1.99. The maximum atomic E-state index is 10.8. The van der Waals surface area contributed by atoms with Gasteiger partial charge in [-0.2, -0.15) is 0 Å². The minimum Gasteiger partial charge on any atom is -0.491 e. The molecule has 1 aromatic rings. The smallest absolute Gasteiger partial charge is 0.150 e. The minimum absolute atomic E-state index is 0.633. The molecule has 0 unspecified atom stereocenters. The zero-order chi connectivity index (χ0) is 15.5. The maximum Gasteiger partial charge on any atom is 0.150 e. The van der Waals surface area contributed by atoms with Gasteiger partial charge < -0.3 is 4.74 Å². The number of ether oxygens (including phenoxy) is 1. The summed E-state index contributed by atoms with van der Waals surface area (Å²) in [5.74, 6) is 0.781. The maximum absolute atomic E-state index is 10.8. The molecule has 0 heterocycles. The van der Waals surface area contributed by atoms with Gasteiger partial charge in [-0.25, -0.2) is 0 Å². The number of rotatable bonds is 11. The van der Waals surface area contributed by atoms with Crippen LogP contribution in [0.15, 0.2) is 21.1 Å². The zero-order valence-electron chi connectivity index (χ0n) is 12.7. The van der Waals surface area contributed by atoms with Gasteiger partial charge in [0.25, 0.3) is 0 Å². The van der Waals surface area contributed by atoms with E-state index in [9.17, 15) is 4.79 Å². The standard InChI is InChI=1S/C17H24Br2O2/c1-2-3-4-5-6-7-8-9-10-21-17-15(18)11-14(13-20)12-16(17)19/h11-13H,2-10H2,1H3. The second-order valence-corrected chi connectivity index (χ2v) is 6.96. The molecule has 0 saturated carbocycles. The van der Waals surface area contributed by atoms with Crippen LogP contribution in [0.2, 0.25) is 0 Å². The molecule has 21 heavy (non-hydrogen) atoms. The van der Waals surface area contributed by atoms with Crippen LogP contribution in [0, 0.1) is 0 Å². The van der Waals surface area contributed by atoms with E-state index in [-0.39, 0.29) is 0 Å². The average molecular weight is 420 g/mol. The number of aldehydes is 1. The summed E-state index contributed by atoms with van der Waals surface area (Å²) < 4.78 is 7.44. The summed E-state index contributed by atoms with van der Waals surface area (Å²) >= 11 is 6.89. The third kappa shape index (κ3) is 7.46. The Hall–Kier alpha value is -0.350. The summed E-state index contributed by atoms with van der Waals surface area (Å²) in [5, 5.41) is 0. The molecule has 0 N–H and O–H groups in total. The predicted molar refractivity (Wildman–Crippen MR) is 95.3 cm³/mol. The quantitative estimate of drug-likeness (QED) is 0.300. The van der Waals surface area contributed by atoms with E-state index in [4.69, 9.17) is 4.74 Å². The first-order valence-electron chi connectivity index (χ1n) is 7.76. The molecule has 0 fully saturated rings. The highest BCUT2D eigenvalue weighted by Gasteiger charge is 2.08. The van der Waals surface area contributed by atoms with Crippen molar-refractivity contribution in [2.45, 2.75) is 58.3 Å². The van der Waals surface area contributed by atoms with Crippen molar-refractivity contribution in [3.8, 4) is 5.75 Å². The van der Waals surface area contributed by atoms with E-state index in [1.54, 1.807) is 12.1 Å². The van der Waals surface area contributed by atoms with Gasteiger partial charge in [0.05, 0.1) is 15.6 Å². The Morgan fingerprint density at radius 1 is 0.952 bits per heavy atom. The first-order valence-corrected chi connectivity index (χ1v) is 9.34. The summed E-state index contributed by atoms with van der Waals surface area (Å²) in [6.07, 6.45) is 11.1. The second kappa shape index (κ2) is 11.2. The number of halogens is 2. The van der Waals surface area contributed by atoms with Crippen LogP contribution in [-0.4, -0.2) is 12.9 Å². The topological polar surface area (TPSA) is 26.3 Å². The van der Waals surface area contributed by atoms with E-state index < -0.39 is 0 Å². The molecule has 0 radical (unpaired) electrons. The Morgan fingerprint density at radius 3 is 2.00 bits per heavy atom. The molecule has 0 aromatic heterocycles. The van der Waals surface area contributed by atoms with Gasteiger partial charge in [0, 0.05) is 5.56 Å². The first kappa shape index (κ1) is 18.7. The van der Waals surface area contributed by atoms with Crippen molar-refractivity contribution >= 4 is 38.1 Å². The van der Waals surface area contributed by atoms with Gasteiger partial charge >= 0.3 is 0 Å². The van der Waals surface area contributed by atoms with Crippen molar-refractivity contribution in [3.63, 3.8) is 0 Å². The molecule has 0 aliphatic rings. The molecule has 0 spiro atoms. The molecule has 0 saturated heterocycles. The van der Waals surface area contributed by atoms with Crippen molar-refractivity contribution < 1.29 is 9.53 Å². The van der Waals surface area contributed by atoms with Crippen LogP contribution in [0.1, 0.15) is 68.6 Å². The van der Waals surface area contributed by atoms with Crippen molar-refractivity contribution in [1.82, 2.24) is 0 Å². The number of hydrogen-bond acceptors (Lipinski definition) is 2. The van der Waals surface area contributed by atoms with E-state index in [1.165, 1.54) is 44.9 Å². The average Bonchev–Trinajstić information content (AvgIpc) is 2.47. The third-order valence-electron chi connectivity index (χ3n) is 3.40. The van der Waals surface area contributed by atoms with Crippen LogP contribution in [0.4, 0.5) is 0 Å². The summed E-state index contributed by atoms with van der Waals surface area (Å²) in [4.78, 5) is 10.8. The van der Waals surface area contributed by atoms with E-state index >= 15 is 0 Å². The summed E-state index contributed by atoms with van der Waals surface area (Å²) in [5.41, 5.74) is 0.633.